The fourth-order valence-electron chi connectivity index (χ4n) is 3.69. The normalized spacial score (nSPS) is 14.2. The van der Waals surface area contributed by atoms with Crippen molar-refractivity contribution in [3.8, 4) is 11.5 Å². The van der Waals surface area contributed by atoms with Gasteiger partial charge < -0.3 is 14.0 Å². The molecule has 0 N–H and O–H groups in total. The number of hydrogen-bond acceptors (Lipinski definition) is 3. The number of rotatable bonds is 4. The van der Waals surface area contributed by atoms with Crippen molar-refractivity contribution in [1.29, 1.82) is 0 Å². The highest BCUT2D eigenvalue weighted by molar-refractivity contribution is 6.35. The van der Waals surface area contributed by atoms with E-state index in [9.17, 15) is 4.79 Å². The molecule has 0 spiro atoms. The van der Waals surface area contributed by atoms with Crippen molar-refractivity contribution in [2.24, 2.45) is 7.05 Å². The molecule has 1 aromatic heterocycles. The van der Waals surface area contributed by atoms with Gasteiger partial charge in [0.15, 0.2) is 5.76 Å². The van der Waals surface area contributed by atoms with Crippen molar-refractivity contribution in [3.05, 3.63) is 99.4 Å². The largest absolute Gasteiger partial charge is 0.489 e. The third-order valence-corrected chi connectivity index (χ3v) is 5.85. The predicted octanol–water partition coefficient (Wildman–Crippen LogP) is 6.68. The standard InChI is InChI=1S/C25H17Cl2NO3/c1-28-13-16(19-4-2-3-5-22(19)28)10-24-25(29)20-9-8-18(12-23(20)31-24)30-14-15-6-7-17(26)11-21(15)27/h2-13H,14H2,1H3/b24-10-. The molecule has 0 amide bonds. The van der Waals surface area contributed by atoms with Crippen molar-refractivity contribution in [3.63, 3.8) is 0 Å². The number of carbonyl (C=O) groups excluding carboxylic acids is 1. The molecule has 0 aliphatic carbocycles. The molecular weight excluding hydrogens is 433 g/mol. The van der Waals surface area contributed by atoms with E-state index in [-0.39, 0.29) is 12.4 Å². The van der Waals surface area contributed by atoms with Gasteiger partial charge >= 0.3 is 0 Å². The van der Waals surface area contributed by atoms with E-state index in [1.807, 2.05) is 48.1 Å². The molecule has 0 atom stereocenters. The molecule has 0 saturated heterocycles. The van der Waals surface area contributed by atoms with Crippen LogP contribution in [0.3, 0.4) is 0 Å². The van der Waals surface area contributed by atoms with Gasteiger partial charge in [-0.25, -0.2) is 0 Å². The summed E-state index contributed by atoms with van der Waals surface area (Å²) in [5.74, 6) is 1.22. The lowest BCUT2D eigenvalue weighted by Crippen LogP contribution is -1.98. The molecule has 0 radical (unpaired) electrons. The van der Waals surface area contributed by atoms with Crippen LogP contribution in [0, 0.1) is 0 Å². The van der Waals surface area contributed by atoms with Gasteiger partial charge in [0.25, 0.3) is 0 Å². The Hall–Kier alpha value is -3.21. The Balaban J connectivity index is 1.39. The van der Waals surface area contributed by atoms with E-state index in [1.165, 1.54) is 0 Å². The first-order chi connectivity index (χ1) is 15.0. The zero-order chi connectivity index (χ0) is 21.5. The third-order valence-electron chi connectivity index (χ3n) is 5.27. The number of halogens is 2. The Morgan fingerprint density at radius 3 is 2.74 bits per heavy atom. The molecule has 4 nitrogen and oxygen atoms in total. The Labute approximate surface area is 189 Å². The van der Waals surface area contributed by atoms with Crippen LogP contribution in [-0.2, 0) is 13.7 Å². The molecule has 1 aliphatic heterocycles. The van der Waals surface area contributed by atoms with Crippen LogP contribution in [0.15, 0.2) is 72.6 Å². The van der Waals surface area contributed by atoms with Crippen LogP contribution in [0.2, 0.25) is 10.0 Å². The molecule has 0 unspecified atom stereocenters. The molecule has 3 aromatic carbocycles. The SMILES string of the molecule is Cn1cc(/C=C2\Oc3cc(OCc4ccc(Cl)cc4Cl)ccc3C2=O)c2ccccc21. The van der Waals surface area contributed by atoms with Gasteiger partial charge in [0.2, 0.25) is 5.78 Å². The van der Waals surface area contributed by atoms with Crippen LogP contribution in [0.25, 0.3) is 17.0 Å². The minimum absolute atomic E-state index is 0.143. The van der Waals surface area contributed by atoms with Gasteiger partial charge in [-0.05, 0) is 36.4 Å². The average Bonchev–Trinajstić information content (AvgIpc) is 3.24. The Bertz CT molecular complexity index is 1370. The first-order valence-electron chi connectivity index (χ1n) is 9.69. The predicted molar refractivity (Wildman–Crippen MR) is 123 cm³/mol. The van der Waals surface area contributed by atoms with Crippen LogP contribution in [0.5, 0.6) is 11.5 Å². The Kier molecular flexibility index (Phi) is 4.97. The maximum Gasteiger partial charge on any atom is 0.231 e. The molecule has 5 rings (SSSR count). The number of ketones is 1. The van der Waals surface area contributed by atoms with Gasteiger partial charge in [0, 0.05) is 51.4 Å². The molecular formula is C25H17Cl2NO3. The van der Waals surface area contributed by atoms with Crippen molar-refractivity contribution >= 4 is 46.0 Å². The number of ether oxygens (including phenoxy) is 2. The van der Waals surface area contributed by atoms with Gasteiger partial charge in [-0.3, -0.25) is 4.79 Å². The van der Waals surface area contributed by atoms with Crippen LogP contribution in [0.1, 0.15) is 21.5 Å². The zero-order valence-corrected chi connectivity index (χ0v) is 18.1. The van der Waals surface area contributed by atoms with Crippen LogP contribution in [0.4, 0.5) is 0 Å². The number of hydrogen-bond donors (Lipinski definition) is 0. The first-order valence-corrected chi connectivity index (χ1v) is 10.4. The Morgan fingerprint density at radius 1 is 1.06 bits per heavy atom. The maximum absolute atomic E-state index is 12.8. The summed E-state index contributed by atoms with van der Waals surface area (Å²) >= 11 is 12.1. The minimum Gasteiger partial charge on any atom is -0.489 e. The third kappa shape index (κ3) is 3.69. The van der Waals surface area contributed by atoms with E-state index in [4.69, 9.17) is 32.7 Å². The van der Waals surface area contributed by atoms with E-state index < -0.39 is 0 Å². The van der Waals surface area contributed by atoms with Crippen LogP contribution >= 0.6 is 23.2 Å². The maximum atomic E-state index is 12.8. The number of allylic oxidation sites excluding steroid dienone is 1. The molecule has 0 saturated carbocycles. The average molecular weight is 450 g/mol. The second-order valence-electron chi connectivity index (χ2n) is 7.33. The monoisotopic (exact) mass is 449 g/mol. The van der Waals surface area contributed by atoms with Crippen molar-refractivity contribution < 1.29 is 14.3 Å². The minimum atomic E-state index is -0.143. The number of fused-ring (bicyclic) bond motifs is 2. The number of para-hydroxylation sites is 1. The zero-order valence-electron chi connectivity index (χ0n) is 16.6. The van der Waals surface area contributed by atoms with E-state index in [0.717, 1.165) is 22.0 Å². The number of carbonyl (C=O) groups is 1. The van der Waals surface area contributed by atoms with E-state index >= 15 is 0 Å². The fourth-order valence-corrected chi connectivity index (χ4v) is 4.15. The Morgan fingerprint density at radius 2 is 1.90 bits per heavy atom. The first kappa shape index (κ1) is 19.7. The lowest BCUT2D eigenvalue weighted by Gasteiger charge is -2.09. The number of aryl methyl sites for hydroxylation is 1. The summed E-state index contributed by atoms with van der Waals surface area (Å²) in [5, 5.41) is 2.18. The molecule has 6 heteroatoms. The van der Waals surface area contributed by atoms with Crippen molar-refractivity contribution in [1.82, 2.24) is 4.57 Å². The van der Waals surface area contributed by atoms with E-state index in [2.05, 4.69) is 0 Å². The summed E-state index contributed by atoms with van der Waals surface area (Å²) in [6.07, 6.45) is 3.78. The lowest BCUT2D eigenvalue weighted by atomic mass is 10.1. The molecule has 0 fully saturated rings. The van der Waals surface area contributed by atoms with E-state index in [1.54, 1.807) is 36.4 Å². The molecule has 31 heavy (non-hydrogen) atoms. The highest BCUT2D eigenvalue weighted by Crippen LogP contribution is 2.36. The number of benzene rings is 3. The fraction of sp³-hybridized carbons (Fsp3) is 0.0800. The second-order valence-corrected chi connectivity index (χ2v) is 8.18. The molecule has 4 aromatic rings. The summed E-state index contributed by atoms with van der Waals surface area (Å²) in [6, 6.07) is 18.5. The summed E-state index contributed by atoms with van der Waals surface area (Å²) < 4.78 is 13.8. The number of Topliss-reactive ketones (excluding diaryl/α,β-unsaturated/α-hetero) is 1. The van der Waals surface area contributed by atoms with Gasteiger partial charge in [-0.15, -0.1) is 0 Å². The van der Waals surface area contributed by atoms with E-state index in [0.29, 0.717) is 32.9 Å². The summed E-state index contributed by atoms with van der Waals surface area (Å²) in [7, 11) is 1.98. The molecule has 154 valence electrons. The van der Waals surface area contributed by atoms with Crippen molar-refractivity contribution in [2.75, 3.05) is 0 Å². The smallest absolute Gasteiger partial charge is 0.231 e. The lowest BCUT2D eigenvalue weighted by molar-refractivity contribution is 0.101. The number of aromatic nitrogens is 1. The van der Waals surface area contributed by atoms with Crippen LogP contribution in [-0.4, -0.2) is 10.4 Å². The molecule has 1 aliphatic rings. The number of nitrogens with zero attached hydrogens (tertiary/aromatic N) is 1. The highest BCUT2D eigenvalue weighted by atomic mass is 35.5. The highest BCUT2D eigenvalue weighted by Gasteiger charge is 2.28. The second kappa shape index (κ2) is 7.80. The van der Waals surface area contributed by atoms with Crippen LogP contribution < -0.4 is 9.47 Å². The molecule has 2 heterocycles. The van der Waals surface area contributed by atoms with Gasteiger partial charge in [0.1, 0.15) is 18.1 Å². The van der Waals surface area contributed by atoms with Crippen molar-refractivity contribution in [2.45, 2.75) is 6.61 Å². The topological polar surface area (TPSA) is 40.5 Å². The summed E-state index contributed by atoms with van der Waals surface area (Å²) in [4.78, 5) is 12.8. The van der Waals surface area contributed by atoms with Gasteiger partial charge in [0.05, 0.1) is 5.56 Å². The van der Waals surface area contributed by atoms with Gasteiger partial charge in [-0.1, -0.05) is 47.5 Å². The molecule has 0 bridgehead atoms. The summed E-state index contributed by atoms with van der Waals surface area (Å²) in [5.41, 5.74) is 3.36. The summed E-state index contributed by atoms with van der Waals surface area (Å²) in [6.45, 7) is 0.279. The van der Waals surface area contributed by atoms with Gasteiger partial charge in [-0.2, -0.15) is 0 Å². The quantitative estimate of drug-likeness (QED) is 0.326.